The number of para-hydroxylation sites is 1. The van der Waals surface area contributed by atoms with Gasteiger partial charge >= 0.3 is 0 Å². The summed E-state index contributed by atoms with van der Waals surface area (Å²) in [5.41, 5.74) is 3.04. The lowest BCUT2D eigenvalue weighted by molar-refractivity contribution is -0.140. The molecular formula is C34H36ClN3O4S. The maximum atomic E-state index is 14.4. The molecule has 0 bridgehead atoms. The predicted octanol–water partition coefficient (Wildman–Crippen LogP) is 6.01. The van der Waals surface area contributed by atoms with Gasteiger partial charge in [0.15, 0.2) is 0 Å². The topological polar surface area (TPSA) is 86.8 Å². The number of anilines is 1. The number of halogens is 1. The van der Waals surface area contributed by atoms with E-state index >= 15 is 0 Å². The van der Waals surface area contributed by atoms with Crippen molar-refractivity contribution in [2.75, 3.05) is 17.4 Å². The van der Waals surface area contributed by atoms with Crippen molar-refractivity contribution < 1.29 is 18.0 Å². The molecule has 1 N–H and O–H groups in total. The molecule has 0 aromatic heterocycles. The van der Waals surface area contributed by atoms with Crippen molar-refractivity contribution in [2.45, 2.75) is 44.2 Å². The Morgan fingerprint density at radius 1 is 0.837 bits per heavy atom. The lowest BCUT2D eigenvalue weighted by Gasteiger charge is -2.34. The number of nitrogens with one attached hydrogen (secondary N) is 1. The first-order valence-electron chi connectivity index (χ1n) is 14.2. The Balaban J connectivity index is 1.78. The van der Waals surface area contributed by atoms with Crippen LogP contribution in [0, 0.1) is 6.92 Å². The molecule has 4 aromatic rings. The number of nitrogens with zero attached hydrogens (tertiary/aromatic N) is 2. The summed E-state index contributed by atoms with van der Waals surface area (Å²) in [5, 5.41) is 3.35. The van der Waals surface area contributed by atoms with Crippen molar-refractivity contribution in [3.63, 3.8) is 0 Å². The average Bonchev–Trinajstić information content (AvgIpc) is 3.02. The average molecular weight is 618 g/mol. The standard InChI is InChI=1S/C34H36ClN3O4S/c1-3-22-36-34(40)32(23-27-13-6-4-7-14-27)37(24-28-15-11-10-12-26(28)2)33(39)25-38(30-16-8-5-9-17-30)43(41,42)31-20-18-29(35)19-21-31/h4-21,32H,3,22-25H2,1-2H3,(H,36,40)/t32-/m1/s1. The van der Waals surface area contributed by atoms with E-state index in [9.17, 15) is 18.0 Å². The zero-order valence-corrected chi connectivity index (χ0v) is 25.9. The van der Waals surface area contributed by atoms with Crippen LogP contribution in [0.5, 0.6) is 0 Å². The second-order valence-corrected chi connectivity index (χ2v) is 12.5. The molecule has 43 heavy (non-hydrogen) atoms. The first-order valence-corrected chi connectivity index (χ1v) is 16.0. The minimum Gasteiger partial charge on any atom is -0.354 e. The van der Waals surface area contributed by atoms with Crippen LogP contribution in [0.25, 0.3) is 0 Å². The van der Waals surface area contributed by atoms with Crippen molar-refractivity contribution in [2.24, 2.45) is 0 Å². The number of hydrogen-bond acceptors (Lipinski definition) is 4. The Morgan fingerprint density at radius 2 is 1.44 bits per heavy atom. The fraction of sp³-hybridized carbons (Fsp3) is 0.235. The van der Waals surface area contributed by atoms with E-state index in [0.29, 0.717) is 17.3 Å². The maximum absolute atomic E-state index is 14.4. The zero-order chi connectivity index (χ0) is 30.8. The summed E-state index contributed by atoms with van der Waals surface area (Å²) in [6.45, 7) is 3.99. The first-order chi connectivity index (χ1) is 20.7. The highest BCUT2D eigenvalue weighted by molar-refractivity contribution is 7.92. The van der Waals surface area contributed by atoms with Crippen LogP contribution in [-0.4, -0.2) is 44.3 Å². The number of aryl methyl sites for hydroxylation is 1. The molecule has 0 saturated heterocycles. The monoisotopic (exact) mass is 617 g/mol. The molecular weight excluding hydrogens is 582 g/mol. The van der Waals surface area contributed by atoms with E-state index in [1.807, 2.05) is 68.4 Å². The van der Waals surface area contributed by atoms with Gasteiger partial charge in [0.25, 0.3) is 10.0 Å². The van der Waals surface area contributed by atoms with Gasteiger partial charge in [-0.25, -0.2) is 8.42 Å². The van der Waals surface area contributed by atoms with Crippen LogP contribution in [0.4, 0.5) is 5.69 Å². The SMILES string of the molecule is CCCNC(=O)[C@@H](Cc1ccccc1)N(Cc1ccccc1C)C(=O)CN(c1ccccc1)S(=O)(=O)c1ccc(Cl)cc1. The molecule has 2 amide bonds. The minimum absolute atomic E-state index is 0.000492. The molecule has 1 atom stereocenters. The summed E-state index contributed by atoms with van der Waals surface area (Å²) in [6.07, 6.45) is 1.000. The fourth-order valence-electron chi connectivity index (χ4n) is 4.75. The van der Waals surface area contributed by atoms with E-state index < -0.39 is 28.5 Å². The Morgan fingerprint density at radius 3 is 2.07 bits per heavy atom. The molecule has 0 unspecified atom stereocenters. The lowest BCUT2D eigenvalue weighted by atomic mass is 10.0. The Hall–Kier alpha value is -4.14. The molecule has 0 fully saturated rings. The molecule has 4 rings (SSSR count). The van der Waals surface area contributed by atoms with E-state index in [-0.39, 0.29) is 23.8 Å². The molecule has 0 aliphatic carbocycles. The Bertz CT molecular complexity index is 1610. The maximum Gasteiger partial charge on any atom is 0.264 e. The number of carbonyl (C=O) groups is 2. The molecule has 0 heterocycles. The van der Waals surface area contributed by atoms with Crippen molar-refractivity contribution in [1.29, 1.82) is 0 Å². The Kier molecular flexibility index (Phi) is 11.0. The summed E-state index contributed by atoms with van der Waals surface area (Å²) in [6, 6.07) is 30.6. The van der Waals surface area contributed by atoms with Gasteiger partial charge in [-0.1, -0.05) is 91.3 Å². The molecule has 0 saturated carbocycles. The van der Waals surface area contributed by atoms with Gasteiger partial charge in [0.1, 0.15) is 12.6 Å². The normalized spacial score (nSPS) is 11.9. The first kappa shape index (κ1) is 31.8. The Labute approximate surface area is 259 Å². The third-order valence-electron chi connectivity index (χ3n) is 7.15. The molecule has 0 aliphatic heterocycles. The van der Waals surface area contributed by atoms with E-state index in [1.165, 1.54) is 29.2 Å². The highest BCUT2D eigenvalue weighted by Crippen LogP contribution is 2.26. The van der Waals surface area contributed by atoms with Crippen molar-refractivity contribution in [1.82, 2.24) is 10.2 Å². The van der Waals surface area contributed by atoms with Gasteiger partial charge in [0.05, 0.1) is 10.6 Å². The van der Waals surface area contributed by atoms with Gasteiger partial charge in [-0.2, -0.15) is 0 Å². The quantitative estimate of drug-likeness (QED) is 0.199. The van der Waals surface area contributed by atoms with Gasteiger partial charge in [-0.15, -0.1) is 0 Å². The van der Waals surface area contributed by atoms with Crippen LogP contribution < -0.4 is 9.62 Å². The van der Waals surface area contributed by atoms with Crippen LogP contribution >= 0.6 is 11.6 Å². The number of carbonyl (C=O) groups excluding carboxylic acids is 2. The summed E-state index contributed by atoms with van der Waals surface area (Å²) in [7, 11) is -4.17. The van der Waals surface area contributed by atoms with E-state index in [2.05, 4.69) is 5.32 Å². The van der Waals surface area contributed by atoms with Crippen LogP contribution in [0.15, 0.2) is 114 Å². The second-order valence-electron chi connectivity index (χ2n) is 10.2. The highest BCUT2D eigenvalue weighted by atomic mass is 35.5. The van der Waals surface area contributed by atoms with Gasteiger partial charge in [0, 0.05) is 24.5 Å². The lowest BCUT2D eigenvalue weighted by Crippen LogP contribution is -2.53. The molecule has 0 aliphatic rings. The predicted molar refractivity (Wildman–Crippen MR) is 171 cm³/mol. The van der Waals surface area contributed by atoms with Crippen molar-refractivity contribution >= 4 is 39.1 Å². The fourth-order valence-corrected chi connectivity index (χ4v) is 6.29. The summed E-state index contributed by atoms with van der Waals surface area (Å²) in [5.74, 6) is -0.795. The van der Waals surface area contributed by atoms with Crippen LogP contribution in [-0.2, 0) is 32.6 Å². The molecule has 0 radical (unpaired) electrons. The number of amides is 2. The van der Waals surface area contributed by atoms with Crippen molar-refractivity contribution in [3.8, 4) is 0 Å². The molecule has 9 heteroatoms. The molecule has 224 valence electrons. The van der Waals surface area contributed by atoms with E-state index in [4.69, 9.17) is 11.6 Å². The highest BCUT2D eigenvalue weighted by Gasteiger charge is 2.34. The number of benzene rings is 4. The van der Waals surface area contributed by atoms with Gasteiger partial charge in [-0.3, -0.25) is 13.9 Å². The molecule has 7 nitrogen and oxygen atoms in total. The zero-order valence-electron chi connectivity index (χ0n) is 24.3. The third kappa shape index (κ3) is 8.24. The van der Waals surface area contributed by atoms with Gasteiger partial charge in [0.2, 0.25) is 11.8 Å². The van der Waals surface area contributed by atoms with Crippen LogP contribution in [0.2, 0.25) is 5.02 Å². The van der Waals surface area contributed by atoms with E-state index in [0.717, 1.165) is 27.4 Å². The third-order valence-corrected chi connectivity index (χ3v) is 9.19. The smallest absolute Gasteiger partial charge is 0.264 e. The molecule has 0 spiro atoms. The van der Waals surface area contributed by atoms with Gasteiger partial charge < -0.3 is 10.2 Å². The largest absolute Gasteiger partial charge is 0.354 e. The summed E-state index contributed by atoms with van der Waals surface area (Å²) >= 11 is 6.03. The number of sulfonamides is 1. The van der Waals surface area contributed by atoms with Crippen LogP contribution in [0.3, 0.4) is 0 Å². The van der Waals surface area contributed by atoms with E-state index in [1.54, 1.807) is 30.3 Å². The molecule has 4 aromatic carbocycles. The van der Waals surface area contributed by atoms with Gasteiger partial charge in [-0.05, 0) is 66.4 Å². The number of rotatable bonds is 13. The minimum atomic E-state index is -4.17. The number of hydrogen-bond donors (Lipinski definition) is 1. The summed E-state index contributed by atoms with van der Waals surface area (Å²) in [4.78, 5) is 29.6. The second kappa shape index (κ2) is 14.8. The summed E-state index contributed by atoms with van der Waals surface area (Å²) < 4.78 is 29.1. The van der Waals surface area contributed by atoms with Crippen LogP contribution in [0.1, 0.15) is 30.0 Å². The van der Waals surface area contributed by atoms with Crippen molar-refractivity contribution in [3.05, 3.63) is 131 Å².